The second kappa shape index (κ2) is 5.27. The van der Waals surface area contributed by atoms with Crippen molar-refractivity contribution in [1.82, 2.24) is 4.98 Å². The van der Waals surface area contributed by atoms with E-state index in [9.17, 15) is 5.11 Å². The third-order valence-corrected chi connectivity index (χ3v) is 2.98. The van der Waals surface area contributed by atoms with Gasteiger partial charge in [0.05, 0.1) is 5.69 Å². The van der Waals surface area contributed by atoms with Gasteiger partial charge in [0.2, 0.25) is 0 Å². The zero-order valence-electron chi connectivity index (χ0n) is 10.4. The fraction of sp³-hybridized carbons (Fsp3) is 0.214. The zero-order chi connectivity index (χ0) is 13.1. The maximum atomic E-state index is 9.75. The van der Waals surface area contributed by atoms with Crippen LogP contribution in [-0.4, -0.2) is 10.1 Å². The van der Waals surface area contributed by atoms with Crippen molar-refractivity contribution in [3.8, 4) is 5.75 Å². The summed E-state index contributed by atoms with van der Waals surface area (Å²) >= 11 is 6.00. The Morgan fingerprint density at radius 2 is 2.00 bits per heavy atom. The Hall–Kier alpha value is -1.74. The molecule has 0 spiro atoms. The molecule has 1 heterocycles. The molecule has 0 unspecified atom stereocenters. The number of benzene rings is 1. The second-order valence-electron chi connectivity index (χ2n) is 4.34. The largest absolute Gasteiger partial charge is 0.508 e. The molecule has 2 N–H and O–H groups in total. The Bertz CT molecular complexity index is 518. The van der Waals surface area contributed by atoms with E-state index in [2.05, 4.69) is 10.3 Å². The molecule has 0 amide bonds. The van der Waals surface area contributed by atoms with Crippen molar-refractivity contribution < 1.29 is 5.11 Å². The molecule has 0 fully saturated rings. The quantitative estimate of drug-likeness (QED) is 0.830. The highest BCUT2D eigenvalue weighted by atomic mass is 35.5. The number of aromatic hydroxyl groups is 1. The van der Waals surface area contributed by atoms with Crippen LogP contribution in [0.4, 0.5) is 5.69 Å². The topological polar surface area (TPSA) is 45.1 Å². The molecule has 0 bridgehead atoms. The minimum atomic E-state index is 0.282. The number of pyridine rings is 1. The predicted octanol–water partition coefficient (Wildman–Crippen LogP) is 3.67. The molecule has 0 saturated carbocycles. The SMILES string of the molecule is Cc1ccc(O)c(CNc2cc(C)cnc2Cl)c1. The van der Waals surface area contributed by atoms with E-state index in [-0.39, 0.29) is 5.75 Å². The first-order valence-electron chi connectivity index (χ1n) is 5.71. The number of halogens is 1. The van der Waals surface area contributed by atoms with Crippen LogP contribution in [-0.2, 0) is 6.54 Å². The molecule has 0 radical (unpaired) electrons. The van der Waals surface area contributed by atoms with E-state index in [1.165, 1.54) is 0 Å². The van der Waals surface area contributed by atoms with Gasteiger partial charge < -0.3 is 10.4 Å². The van der Waals surface area contributed by atoms with Crippen molar-refractivity contribution in [2.24, 2.45) is 0 Å². The number of hydrogen-bond donors (Lipinski definition) is 2. The molecule has 1 aromatic heterocycles. The molecule has 1 aromatic carbocycles. The number of nitrogens with zero attached hydrogens (tertiary/aromatic N) is 1. The van der Waals surface area contributed by atoms with Crippen LogP contribution in [0.15, 0.2) is 30.5 Å². The van der Waals surface area contributed by atoms with Gasteiger partial charge in [-0.1, -0.05) is 29.3 Å². The molecule has 94 valence electrons. The maximum Gasteiger partial charge on any atom is 0.152 e. The van der Waals surface area contributed by atoms with Crippen LogP contribution in [0.1, 0.15) is 16.7 Å². The molecular formula is C14H15ClN2O. The Balaban J connectivity index is 2.16. The van der Waals surface area contributed by atoms with E-state index < -0.39 is 0 Å². The van der Waals surface area contributed by atoms with Gasteiger partial charge in [0.25, 0.3) is 0 Å². The number of phenolic OH excluding ortho intramolecular Hbond substituents is 1. The highest BCUT2D eigenvalue weighted by Gasteiger charge is 2.04. The normalized spacial score (nSPS) is 10.4. The van der Waals surface area contributed by atoms with Crippen molar-refractivity contribution in [3.05, 3.63) is 52.3 Å². The molecule has 0 aliphatic carbocycles. The van der Waals surface area contributed by atoms with Gasteiger partial charge in [-0.25, -0.2) is 4.98 Å². The van der Waals surface area contributed by atoms with Crippen LogP contribution < -0.4 is 5.32 Å². The number of phenols is 1. The summed E-state index contributed by atoms with van der Waals surface area (Å²) in [5, 5.41) is 13.4. The summed E-state index contributed by atoms with van der Waals surface area (Å²) in [6.07, 6.45) is 1.72. The maximum absolute atomic E-state index is 9.75. The third-order valence-electron chi connectivity index (χ3n) is 2.68. The van der Waals surface area contributed by atoms with E-state index in [0.29, 0.717) is 11.7 Å². The Kier molecular flexibility index (Phi) is 3.72. The van der Waals surface area contributed by atoms with Crippen LogP contribution in [0.3, 0.4) is 0 Å². The monoisotopic (exact) mass is 262 g/mol. The summed E-state index contributed by atoms with van der Waals surface area (Å²) in [6, 6.07) is 7.45. The van der Waals surface area contributed by atoms with Gasteiger partial charge in [0.1, 0.15) is 5.75 Å². The average Bonchev–Trinajstić information content (AvgIpc) is 2.34. The molecule has 2 aromatic rings. The van der Waals surface area contributed by atoms with Gasteiger partial charge >= 0.3 is 0 Å². The molecular weight excluding hydrogens is 248 g/mol. The van der Waals surface area contributed by atoms with Crippen LogP contribution in [0, 0.1) is 13.8 Å². The predicted molar refractivity (Wildman–Crippen MR) is 74.2 cm³/mol. The minimum absolute atomic E-state index is 0.282. The molecule has 0 aliphatic heterocycles. The second-order valence-corrected chi connectivity index (χ2v) is 4.69. The fourth-order valence-electron chi connectivity index (χ4n) is 1.72. The van der Waals surface area contributed by atoms with Crippen molar-refractivity contribution in [2.75, 3.05) is 5.32 Å². The third kappa shape index (κ3) is 2.93. The van der Waals surface area contributed by atoms with E-state index >= 15 is 0 Å². The summed E-state index contributed by atoms with van der Waals surface area (Å²) in [6.45, 7) is 4.46. The van der Waals surface area contributed by atoms with Gasteiger partial charge in [0.15, 0.2) is 5.15 Å². The van der Waals surface area contributed by atoms with Crippen molar-refractivity contribution >= 4 is 17.3 Å². The van der Waals surface area contributed by atoms with Gasteiger partial charge in [-0.3, -0.25) is 0 Å². The van der Waals surface area contributed by atoms with Crippen LogP contribution in [0.2, 0.25) is 5.15 Å². The molecule has 0 saturated heterocycles. The number of nitrogens with one attached hydrogen (secondary N) is 1. The summed E-state index contributed by atoms with van der Waals surface area (Å²) in [4.78, 5) is 4.07. The zero-order valence-corrected chi connectivity index (χ0v) is 11.1. The summed E-state index contributed by atoms with van der Waals surface area (Å²) < 4.78 is 0. The van der Waals surface area contributed by atoms with Gasteiger partial charge in [-0.05, 0) is 31.5 Å². The lowest BCUT2D eigenvalue weighted by molar-refractivity contribution is 0.469. The molecule has 18 heavy (non-hydrogen) atoms. The Labute approximate surface area is 111 Å². The van der Waals surface area contributed by atoms with E-state index in [1.807, 2.05) is 32.0 Å². The Morgan fingerprint density at radius 1 is 1.22 bits per heavy atom. The fourth-order valence-corrected chi connectivity index (χ4v) is 1.89. The standard InChI is InChI=1S/C14H15ClN2O/c1-9-3-4-13(18)11(5-9)8-16-12-6-10(2)7-17-14(12)15/h3-7,16,18H,8H2,1-2H3. The smallest absolute Gasteiger partial charge is 0.152 e. The lowest BCUT2D eigenvalue weighted by Gasteiger charge is -2.10. The number of rotatable bonds is 3. The van der Waals surface area contributed by atoms with Crippen LogP contribution in [0.5, 0.6) is 5.75 Å². The number of aryl methyl sites for hydroxylation is 2. The molecule has 3 nitrogen and oxygen atoms in total. The van der Waals surface area contributed by atoms with E-state index in [4.69, 9.17) is 11.6 Å². The first-order valence-corrected chi connectivity index (χ1v) is 6.08. The van der Waals surface area contributed by atoms with Crippen molar-refractivity contribution in [1.29, 1.82) is 0 Å². The molecule has 2 rings (SSSR count). The first kappa shape index (κ1) is 12.7. The van der Waals surface area contributed by atoms with E-state index in [0.717, 1.165) is 22.4 Å². The average molecular weight is 263 g/mol. The Morgan fingerprint density at radius 3 is 2.78 bits per heavy atom. The highest BCUT2D eigenvalue weighted by molar-refractivity contribution is 6.31. The molecule has 4 heteroatoms. The van der Waals surface area contributed by atoms with E-state index in [1.54, 1.807) is 12.3 Å². The van der Waals surface area contributed by atoms with Crippen LogP contribution >= 0.6 is 11.6 Å². The lowest BCUT2D eigenvalue weighted by atomic mass is 10.1. The molecule has 0 aliphatic rings. The first-order chi connectivity index (χ1) is 8.56. The van der Waals surface area contributed by atoms with Crippen molar-refractivity contribution in [3.63, 3.8) is 0 Å². The van der Waals surface area contributed by atoms with Gasteiger partial charge in [0, 0.05) is 18.3 Å². The van der Waals surface area contributed by atoms with Gasteiger partial charge in [-0.15, -0.1) is 0 Å². The molecule has 0 atom stereocenters. The summed E-state index contributed by atoms with van der Waals surface area (Å²) in [7, 11) is 0. The highest BCUT2D eigenvalue weighted by Crippen LogP contribution is 2.23. The summed E-state index contributed by atoms with van der Waals surface area (Å²) in [5.41, 5.74) is 3.76. The van der Waals surface area contributed by atoms with Crippen LogP contribution in [0.25, 0.3) is 0 Å². The number of hydrogen-bond acceptors (Lipinski definition) is 3. The summed E-state index contributed by atoms with van der Waals surface area (Å²) in [5.74, 6) is 0.282. The lowest BCUT2D eigenvalue weighted by Crippen LogP contribution is -2.01. The number of aromatic nitrogens is 1. The number of anilines is 1. The minimum Gasteiger partial charge on any atom is -0.508 e. The van der Waals surface area contributed by atoms with Crippen molar-refractivity contribution in [2.45, 2.75) is 20.4 Å². The van der Waals surface area contributed by atoms with Gasteiger partial charge in [-0.2, -0.15) is 0 Å².